The summed E-state index contributed by atoms with van der Waals surface area (Å²) >= 11 is 0. The van der Waals surface area contributed by atoms with E-state index in [0.29, 0.717) is 26.1 Å². The third-order valence-corrected chi connectivity index (χ3v) is 2.32. The Balaban J connectivity index is 2.05. The lowest BCUT2D eigenvalue weighted by Gasteiger charge is -2.12. The highest BCUT2D eigenvalue weighted by molar-refractivity contribution is 5.76. The first-order chi connectivity index (χ1) is 8.58. The van der Waals surface area contributed by atoms with Crippen LogP contribution in [0.3, 0.4) is 0 Å². The third kappa shape index (κ3) is 6.36. The molecule has 0 fully saturated rings. The maximum atomic E-state index is 11.3. The number of hydrogen-bond acceptors (Lipinski definition) is 4. The van der Waals surface area contributed by atoms with Crippen molar-refractivity contribution in [1.29, 1.82) is 0 Å². The molecule has 0 aliphatic rings. The molecule has 0 aliphatic heterocycles. The summed E-state index contributed by atoms with van der Waals surface area (Å²) in [4.78, 5) is 11.3. The van der Waals surface area contributed by atoms with Gasteiger partial charge in [0, 0.05) is 37.9 Å². The molecule has 0 bridgehead atoms. The van der Waals surface area contributed by atoms with Gasteiger partial charge >= 0.3 is 0 Å². The number of nitrogens with one attached hydrogen (secondary N) is 2. The summed E-state index contributed by atoms with van der Waals surface area (Å²) in [6.07, 6.45) is 3.40. The van der Waals surface area contributed by atoms with Gasteiger partial charge in [0.2, 0.25) is 5.91 Å². The second-order valence-electron chi connectivity index (χ2n) is 4.56. The molecule has 102 valence electrons. The molecule has 0 saturated carbocycles. The van der Waals surface area contributed by atoms with Crippen LogP contribution in [-0.2, 0) is 11.3 Å². The Labute approximate surface area is 107 Å². The maximum absolute atomic E-state index is 11.3. The number of rotatable bonds is 8. The van der Waals surface area contributed by atoms with E-state index < -0.39 is 6.10 Å². The highest BCUT2D eigenvalue weighted by Crippen LogP contribution is 1.90. The van der Waals surface area contributed by atoms with E-state index in [4.69, 9.17) is 0 Å². The van der Waals surface area contributed by atoms with E-state index in [1.54, 1.807) is 17.1 Å². The normalized spacial score (nSPS) is 12.7. The first-order valence-corrected chi connectivity index (χ1v) is 6.23. The lowest BCUT2D eigenvalue weighted by Crippen LogP contribution is -2.35. The Morgan fingerprint density at radius 2 is 2.28 bits per heavy atom. The van der Waals surface area contributed by atoms with Gasteiger partial charge in [0.15, 0.2) is 0 Å². The number of carbonyl (C=O) groups is 1. The molecule has 3 N–H and O–H groups in total. The zero-order valence-corrected chi connectivity index (χ0v) is 11.0. The number of hydrogen-bond donors (Lipinski definition) is 3. The van der Waals surface area contributed by atoms with Crippen molar-refractivity contribution in [3.05, 3.63) is 18.5 Å². The first kappa shape index (κ1) is 14.7. The summed E-state index contributed by atoms with van der Waals surface area (Å²) in [6.45, 7) is 5.33. The number of amides is 1. The van der Waals surface area contributed by atoms with Gasteiger partial charge in [-0.15, -0.1) is 0 Å². The van der Waals surface area contributed by atoms with Crippen LogP contribution in [0.5, 0.6) is 0 Å². The fourth-order valence-electron chi connectivity index (χ4n) is 1.55. The SMILES string of the molecule is CC(C)NC(=O)CCNCC(O)Cn1cccn1. The fourth-order valence-corrected chi connectivity index (χ4v) is 1.55. The molecular weight excluding hydrogens is 232 g/mol. The van der Waals surface area contributed by atoms with Gasteiger partial charge in [-0.25, -0.2) is 0 Å². The van der Waals surface area contributed by atoms with Crippen molar-refractivity contribution >= 4 is 5.91 Å². The van der Waals surface area contributed by atoms with Crippen LogP contribution in [0.1, 0.15) is 20.3 Å². The smallest absolute Gasteiger partial charge is 0.221 e. The zero-order valence-electron chi connectivity index (χ0n) is 11.0. The number of nitrogens with zero attached hydrogens (tertiary/aromatic N) is 2. The van der Waals surface area contributed by atoms with Gasteiger partial charge in [-0.3, -0.25) is 9.48 Å². The summed E-state index contributed by atoms with van der Waals surface area (Å²) in [5.74, 6) is 0.0269. The van der Waals surface area contributed by atoms with E-state index in [9.17, 15) is 9.90 Å². The van der Waals surface area contributed by atoms with Crippen LogP contribution in [0, 0.1) is 0 Å². The molecule has 1 aromatic rings. The van der Waals surface area contributed by atoms with Crippen molar-refractivity contribution < 1.29 is 9.90 Å². The van der Waals surface area contributed by atoms with E-state index >= 15 is 0 Å². The molecule has 0 aliphatic carbocycles. The molecule has 1 amide bonds. The first-order valence-electron chi connectivity index (χ1n) is 6.23. The number of carbonyl (C=O) groups excluding carboxylic acids is 1. The zero-order chi connectivity index (χ0) is 13.4. The van der Waals surface area contributed by atoms with E-state index in [-0.39, 0.29) is 11.9 Å². The van der Waals surface area contributed by atoms with Crippen LogP contribution in [-0.4, -0.2) is 46.0 Å². The summed E-state index contributed by atoms with van der Waals surface area (Å²) in [5.41, 5.74) is 0. The monoisotopic (exact) mass is 254 g/mol. The quantitative estimate of drug-likeness (QED) is 0.559. The van der Waals surface area contributed by atoms with Crippen LogP contribution in [0.2, 0.25) is 0 Å². The average molecular weight is 254 g/mol. The van der Waals surface area contributed by atoms with Gasteiger partial charge in [0.05, 0.1) is 12.6 Å². The molecule has 18 heavy (non-hydrogen) atoms. The van der Waals surface area contributed by atoms with Crippen LogP contribution in [0.15, 0.2) is 18.5 Å². The Bertz CT molecular complexity index is 338. The minimum atomic E-state index is -0.502. The summed E-state index contributed by atoms with van der Waals surface area (Å²) in [5, 5.41) is 19.6. The second kappa shape index (κ2) is 7.84. The fraction of sp³-hybridized carbons (Fsp3) is 0.667. The van der Waals surface area contributed by atoms with Crippen LogP contribution >= 0.6 is 0 Å². The van der Waals surface area contributed by atoms with Crippen molar-refractivity contribution in [2.75, 3.05) is 13.1 Å². The molecule has 0 radical (unpaired) electrons. The van der Waals surface area contributed by atoms with Crippen LogP contribution < -0.4 is 10.6 Å². The summed E-state index contributed by atoms with van der Waals surface area (Å²) in [6, 6.07) is 1.99. The lowest BCUT2D eigenvalue weighted by atomic mass is 10.3. The van der Waals surface area contributed by atoms with Crippen LogP contribution in [0.25, 0.3) is 0 Å². The van der Waals surface area contributed by atoms with Gasteiger partial charge < -0.3 is 15.7 Å². The van der Waals surface area contributed by atoms with Gasteiger partial charge in [-0.05, 0) is 19.9 Å². The average Bonchev–Trinajstić information content (AvgIpc) is 2.76. The number of aliphatic hydroxyl groups is 1. The molecule has 1 aromatic heterocycles. The van der Waals surface area contributed by atoms with E-state index in [0.717, 1.165) is 0 Å². The summed E-state index contributed by atoms with van der Waals surface area (Å²) < 4.78 is 1.68. The molecule has 0 saturated heterocycles. The van der Waals surface area contributed by atoms with Gasteiger partial charge in [-0.1, -0.05) is 0 Å². The Morgan fingerprint density at radius 3 is 2.89 bits per heavy atom. The van der Waals surface area contributed by atoms with Crippen molar-refractivity contribution in [3.63, 3.8) is 0 Å². The Morgan fingerprint density at radius 1 is 1.50 bits per heavy atom. The van der Waals surface area contributed by atoms with E-state index in [1.165, 1.54) is 0 Å². The van der Waals surface area contributed by atoms with Crippen molar-refractivity contribution in [2.45, 2.75) is 39.0 Å². The second-order valence-corrected chi connectivity index (χ2v) is 4.56. The largest absolute Gasteiger partial charge is 0.390 e. The van der Waals surface area contributed by atoms with E-state index in [2.05, 4.69) is 15.7 Å². The Kier molecular flexibility index (Phi) is 6.38. The molecule has 0 aromatic carbocycles. The van der Waals surface area contributed by atoms with Crippen molar-refractivity contribution in [1.82, 2.24) is 20.4 Å². The van der Waals surface area contributed by atoms with Crippen molar-refractivity contribution in [2.24, 2.45) is 0 Å². The minimum absolute atomic E-state index is 0.0269. The molecule has 6 heteroatoms. The Hall–Kier alpha value is -1.40. The third-order valence-electron chi connectivity index (χ3n) is 2.32. The number of aliphatic hydroxyl groups excluding tert-OH is 1. The molecular formula is C12H22N4O2. The predicted molar refractivity (Wildman–Crippen MR) is 69.0 cm³/mol. The molecule has 0 spiro atoms. The molecule has 1 atom stereocenters. The van der Waals surface area contributed by atoms with Gasteiger partial charge in [0.1, 0.15) is 0 Å². The molecule has 1 unspecified atom stereocenters. The molecule has 1 rings (SSSR count). The van der Waals surface area contributed by atoms with E-state index in [1.807, 2.05) is 19.9 Å². The number of aromatic nitrogens is 2. The van der Waals surface area contributed by atoms with Gasteiger partial charge in [0.25, 0.3) is 0 Å². The highest BCUT2D eigenvalue weighted by atomic mass is 16.3. The maximum Gasteiger partial charge on any atom is 0.221 e. The molecule has 1 heterocycles. The highest BCUT2D eigenvalue weighted by Gasteiger charge is 2.06. The lowest BCUT2D eigenvalue weighted by molar-refractivity contribution is -0.121. The minimum Gasteiger partial charge on any atom is -0.390 e. The standard InChI is InChI=1S/C12H22N4O2/c1-10(2)15-12(18)4-6-13-8-11(17)9-16-7-3-5-14-16/h3,5,7,10-11,13,17H,4,6,8-9H2,1-2H3,(H,15,18). The predicted octanol–water partition coefficient (Wildman–Crippen LogP) is -0.252. The van der Waals surface area contributed by atoms with Crippen LogP contribution in [0.4, 0.5) is 0 Å². The summed E-state index contributed by atoms with van der Waals surface area (Å²) in [7, 11) is 0. The van der Waals surface area contributed by atoms with Crippen molar-refractivity contribution in [3.8, 4) is 0 Å². The topological polar surface area (TPSA) is 79.2 Å². The van der Waals surface area contributed by atoms with Gasteiger partial charge in [-0.2, -0.15) is 5.10 Å². The molecule has 6 nitrogen and oxygen atoms in total.